The second-order valence-corrected chi connectivity index (χ2v) is 5.57. The van der Waals surface area contributed by atoms with Gasteiger partial charge in [-0.1, -0.05) is 28.1 Å². The van der Waals surface area contributed by atoms with Crippen LogP contribution < -0.4 is 4.90 Å². The van der Waals surface area contributed by atoms with E-state index in [2.05, 4.69) is 15.9 Å². The summed E-state index contributed by atoms with van der Waals surface area (Å²) in [4.78, 5) is 26.2. The van der Waals surface area contributed by atoms with Crippen LogP contribution >= 0.6 is 15.9 Å². The van der Waals surface area contributed by atoms with E-state index < -0.39 is 0 Å². The molecule has 0 atom stereocenters. The standard InChI is InChI=1S/C16H12BrNO2/c17-12-7-5-11(6-8-12)16(20)18-10-9-15(19)13-3-1-2-4-14(13)18/h1-8H,9-10H2. The summed E-state index contributed by atoms with van der Waals surface area (Å²) >= 11 is 3.35. The average molecular weight is 330 g/mol. The molecule has 0 aliphatic carbocycles. The van der Waals surface area contributed by atoms with Crippen molar-refractivity contribution in [2.24, 2.45) is 0 Å². The van der Waals surface area contributed by atoms with E-state index in [9.17, 15) is 9.59 Å². The van der Waals surface area contributed by atoms with Gasteiger partial charge in [0.15, 0.2) is 5.78 Å². The van der Waals surface area contributed by atoms with Gasteiger partial charge in [-0.15, -0.1) is 0 Å². The molecule has 20 heavy (non-hydrogen) atoms. The van der Waals surface area contributed by atoms with Crippen molar-refractivity contribution in [1.29, 1.82) is 0 Å². The zero-order chi connectivity index (χ0) is 14.1. The summed E-state index contributed by atoms with van der Waals surface area (Å²) in [5.74, 6) is 0.0258. The van der Waals surface area contributed by atoms with Gasteiger partial charge in [0.05, 0.1) is 5.69 Å². The highest BCUT2D eigenvalue weighted by atomic mass is 79.9. The lowest BCUT2D eigenvalue weighted by Gasteiger charge is -2.28. The fourth-order valence-electron chi connectivity index (χ4n) is 2.37. The van der Waals surface area contributed by atoms with Gasteiger partial charge >= 0.3 is 0 Å². The lowest BCUT2D eigenvalue weighted by molar-refractivity contribution is 0.0955. The lowest BCUT2D eigenvalue weighted by Crippen LogP contribution is -2.37. The first kappa shape index (κ1) is 13.1. The number of fused-ring (bicyclic) bond motifs is 1. The van der Waals surface area contributed by atoms with Crippen LogP contribution in [0.5, 0.6) is 0 Å². The topological polar surface area (TPSA) is 37.4 Å². The molecule has 0 saturated carbocycles. The fourth-order valence-corrected chi connectivity index (χ4v) is 2.64. The Morgan fingerprint density at radius 1 is 1.05 bits per heavy atom. The van der Waals surface area contributed by atoms with Gasteiger partial charge in [0, 0.05) is 28.6 Å². The summed E-state index contributed by atoms with van der Waals surface area (Å²) in [5.41, 5.74) is 1.96. The number of hydrogen-bond donors (Lipinski definition) is 0. The zero-order valence-corrected chi connectivity index (χ0v) is 12.3. The minimum atomic E-state index is -0.0718. The van der Waals surface area contributed by atoms with Crippen LogP contribution in [0.4, 0.5) is 5.69 Å². The van der Waals surface area contributed by atoms with Crippen LogP contribution in [-0.2, 0) is 0 Å². The van der Waals surface area contributed by atoms with Crippen LogP contribution in [0.25, 0.3) is 0 Å². The summed E-state index contributed by atoms with van der Waals surface area (Å²) < 4.78 is 0.934. The molecule has 4 heteroatoms. The maximum Gasteiger partial charge on any atom is 0.258 e. The second kappa shape index (κ2) is 5.21. The van der Waals surface area contributed by atoms with Gasteiger partial charge in [-0.3, -0.25) is 9.59 Å². The van der Waals surface area contributed by atoms with E-state index in [0.717, 1.165) is 4.47 Å². The smallest absolute Gasteiger partial charge is 0.258 e. The third-order valence-corrected chi connectivity index (χ3v) is 3.92. The number of ketones is 1. The highest BCUT2D eigenvalue weighted by Gasteiger charge is 2.27. The molecule has 0 radical (unpaired) electrons. The van der Waals surface area contributed by atoms with Crippen LogP contribution in [-0.4, -0.2) is 18.2 Å². The molecular formula is C16H12BrNO2. The number of amides is 1. The normalized spacial score (nSPS) is 14.1. The van der Waals surface area contributed by atoms with E-state index >= 15 is 0 Å². The molecule has 2 aromatic rings. The molecule has 1 heterocycles. The van der Waals surface area contributed by atoms with Crippen LogP contribution in [0.15, 0.2) is 53.0 Å². The minimum absolute atomic E-state index is 0.0718. The van der Waals surface area contributed by atoms with E-state index in [-0.39, 0.29) is 11.7 Å². The predicted molar refractivity (Wildman–Crippen MR) is 81.2 cm³/mol. The van der Waals surface area contributed by atoms with Crippen molar-refractivity contribution in [1.82, 2.24) is 0 Å². The number of benzene rings is 2. The molecule has 0 N–H and O–H groups in total. The molecular weight excluding hydrogens is 318 g/mol. The summed E-state index contributed by atoms with van der Waals surface area (Å²) in [6.07, 6.45) is 0.374. The molecule has 0 spiro atoms. The number of halogens is 1. The maximum atomic E-state index is 12.6. The van der Waals surface area contributed by atoms with Gasteiger partial charge < -0.3 is 4.90 Å². The first-order chi connectivity index (χ1) is 9.66. The van der Waals surface area contributed by atoms with E-state index in [1.807, 2.05) is 30.3 Å². The van der Waals surface area contributed by atoms with E-state index in [0.29, 0.717) is 29.8 Å². The molecule has 2 aromatic carbocycles. The average Bonchev–Trinajstić information content (AvgIpc) is 2.48. The molecule has 0 unspecified atom stereocenters. The van der Waals surface area contributed by atoms with Crippen molar-refractivity contribution < 1.29 is 9.59 Å². The summed E-state index contributed by atoms with van der Waals surface area (Å²) in [6, 6.07) is 14.5. The monoisotopic (exact) mass is 329 g/mol. The lowest BCUT2D eigenvalue weighted by atomic mass is 9.99. The number of anilines is 1. The van der Waals surface area contributed by atoms with Crippen molar-refractivity contribution >= 4 is 33.3 Å². The molecule has 0 aromatic heterocycles. The minimum Gasteiger partial charge on any atom is -0.307 e. The fraction of sp³-hybridized carbons (Fsp3) is 0.125. The van der Waals surface area contributed by atoms with Gasteiger partial charge in [0.1, 0.15) is 0 Å². The molecule has 0 bridgehead atoms. The van der Waals surface area contributed by atoms with Crippen LogP contribution in [0.1, 0.15) is 27.1 Å². The highest BCUT2D eigenvalue weighted by Crippen LogP contribution is 2.28. The molecule has 0 saturated heterocycles. The highest BCUT2D eigenvalue weighted by molar-refractivity contribution is 9.10. The summed E-state index contributed by atoms with van der Waals surface area (Å²) in [5, 5.41) is 0. The Kier molecular flexibility index (Phi) is 3.40. The molecule has 3 nitrogen and oxygen atoms in total. The van der Waals surface area contributed by atoms with Crippen molar-refractivity contribution in [2.45, 2.75) is 6.42 Å². The number of para-hydroxylation sites is 1. The number of carbonyl (C=O) groups is 2. The van der Waals surface area contributed by atoms with Gasteiger partial charge in [-0.05, 0) is 36.4 Å². The van der Waals surface area contributed by atoms with E-state index in [4.69, 9.17) is 0 Å². The Labute approximate surface area is 125 Å². The Hall–Kier alpha value is -1.94. The maximum absolute atomic E-state index is 12.6. The van der Waals surface area contributed by atoms with Gasteiger partial charge in [-0.2, -0.15) is 0 Å². The quantitative estimate of drug-likeness (QED) is 0.800. The number of Topliss-reactive ketones (excluding diaryl/α,β-unsaturated/α-hetero) is 1. The van der Waals surface area contributed by atoms with E-state index in [1.165, 1.54) is 0 Å². The first-order valence-corrected chi connectivity index (χ1v) is 7.16. The summed E-state index contributed by atoms with van der Waals surface area (Å²) in [7, 11) is 0. The van der Waals surface area contributed by atoms with Crippen molar-refractivity contribution in [3.63, 3.8) is 0 Å². The molecule has 1 aliphatic rings. The largest absolute Gasteiger partial charge is 0.307 e. The van der Waals surface area contributed by atoms with E-state index in [1.54, 1.807) is 23.1 Å². The second-order valence-electron chi connectivity index (χ2n) is 4.65. The SMILES string of the molecule is O=C1CCN(C(=O)c2ccc(Br)cc2)c2ccccc21. The van der Waals surface area contributed by atoms with Gasteiger partial charge in [-0.25, -0.2) is 0 Å². The van der Waals surface area contributed by atoms with Gasteiger partial charge in [0.25, 0.3) is 5.91 Å². The van der Waals surface area contributed by atoms with Crippen LogP contribution in [0.2, 0.25) is 0 Å². The molecule has 1 amide bonds. The molecule has 1 aliphatic heterocycles. The van der Waals surface area contributed by atoms with Gasteiger partial charge in [0.2, 0.25) is 0 Å². The van der Waals surface area contributed by atoms with Crippen LogP contribution in [0, 0.1) is 0 Å². The number of nitrogens with zero attached hydrogens (tertiary/aromatic N) is 1. The van der Waals surface area contributed by atoms with Crippen molar-refractivity contribution in [2.75, 3.05) is 11.4 Å². The number of hydrogen-bond acceptors (Lipinski definition) is 2. The third kappa shape index (κ3) is 2.27. The first-order valence-electron chi connectivity index (χ1n) is 6.36. The third-order valence-electron chi connectivity index (χ3n) is 3.39. The predicted octanol–water partition coefficient (Wildman–Crippen LogP) is 3.68. The molecule has 0 fully saturated rings. The van der Waals surface area contributed by atoms with Crippen molar-refractivity contribution in [3.05, 3.63) is 64.1 Å². The Morgan fingerprint density at radius 3 is 2.50 bits per heavy atom. The van der Waals surface area contributed by atoms with Crippen LogP contribution in [0.3, 0.4) is 0 Å². The molecule has 3 rings (SSSR count). The Balaban J connectivity index is 1.99. The number of rotatable bonds is 1. The summed E-state index contributed by atoms with van der Waals surface area (Å²) in [6.45, 7) is 0.435. The molecule has 100 valence electrons. The number of carbonyl (C=O) groups excluding carboxylic acids is 2. The zero-order valence-electron chi connectivity index (χ0n) is 10.7. The Bertz CT molecular complexity index is 679. The van der Waals surface area contributed by atoms with Crippen molar-refractivity contribution in [3.8, 4) is 0 Å². The Morgan fingerprint density at radius 2 is 1.75 bits per heavy atom.